The van der Waals surface area contributed by atoms with E-state index in [1.165, 1.54) is 5.56 Å². The minimum atomic E-state index is -3.49. The van der Waals surface area contributed by atoms with E-state index < -0.39 is 10.0 Å². The highest BCUT2D eigenvalue weighted by Crippen LogP contribution is 2.40. The SMILES string of the molecule is CCOc1ccc(S(=O)(=O)N2CCC3(CCc4ccccc4O3)CC2)cc1. The maximum atomic E-state index is 13.0. The number of hydrogen-bond donors (Lipinski definition) is 0. The Morgan fingerprint density at radius 3 is 2.44 bits per heavy atom. The number of piperidine rings is 1. The van der Waals surface area contributed by atoms with Crippen molar-refractivity contribution >= 4 is 10.0 Å². The molecule has 0 unspecified atom stereocenters. The number of hydrogen-bond acceptors (Lipinski definition) is 4. The van der Waals surface area contributed by atoms with Gasteiger partial charge in [-0.1, -0.05) is 18.2 Å². The number of aryl methyl sites for hydroxylation is 1. The van der Waals surface area contributed by atoms with Crippen molar-refractivity contribution in [2.24, 2.45) is 0 Å². The van der Waals surface area contributed by atoms with Crippen LogP contribution in [0.3, 0.4) is 0 Å². The van der Waals surface area contributed by atoms with Gasteiger partial charge in [-0.05, 0) is 55.7 Å². The maximum absolute atomic E-state index is 13.0. The quantitative estimate of drug-likeness (QED) is 0.804. The van der Waals surface area contributed by atoms with Gasteiger partial charge in [-0.25, -0.2) is 8.42 Å². The van der Waals surface area contributed by atoms with E-state index in [-0.39, 0.29) is 5.60 Å². The second-order valence-corrected chi connectivity index (χ2v) is 9.14. The Morgan fingerprint density at radius 1 is 1.04 bits per heavy atom. The second-order valence-electron chi connectivity index (χ2n) is 7.20. The Kier molecular flexibility index (Phi) is 4.86. The zero-order chi connectivity index (χ0) is 18.9. The van der Waals surface area contributed by atoms with Crippen molar-refractivity contribution in [1.29, 1.82) is 0 Å². The minimum absolute atomic E-state index is 0.237. The first-order chi connectivity index (χ1) is 13.0. The highest BCUT2D eigenvalue weighted by molar-refractivity contribution is 7.89. The average Bonchev–Trinajstić information content (AvgIpc) is 2.69. The van der Waals surface area contributed by atoms with E-state index in [1.807, 2.05) is 25.1 Å². The first kappa shape index (κ1) is 18.3. The monoisotopic (exact) mass is 387 g/mol. The van der Waals surface area contributed by atoms with Crippen LogP contribution in [0.4, 0.5) is 0 Å². The number of fused-ring (bicyclic) bond motifs is 1. The summed E-state index contributed by atoms with van der Waals surface area (Å²) < 4.78 is 39.3. The third kappa shape index (κ3) is 3.56. The lowest BCUT2D eigenvalue weighted by Gasteiger charge is -2.44. The predicted molar refractivity (Wildman–Crippen MR) is 104 cm³/mol. The van der Waals surface area contributed by atoms with Crippen molar-refractivity contribution in [2.45, 2.75) is 43.1 Å². The third-order valence-corrected chi connectivity index (χ3v) is 7.47. The number of benzene rings is 2. The highest BCUT2D eigenvalue weighted by atomic mass is 32.2. The standard InChI is InChI=1S/C21H25NO4S/c1-2-25-18-7-9-19(10-8-18)27(23,24)22-15-13-21(14-16-22)12-11-17-5-3-4-6-20(17)26-21/h3-10H,2,11-16H2,1H3. The molecule has 2 aliphatic heterocycles. The number of para-hydroxylation sites is 1. The van der Waals surface area contributed by atoms with E-state index in [0.717, 1.165) is 31.4 Å². The molecule has 0 bridgehead atoms. The van der Waals surface area contributed by atoms with E-state index in [0.29, 0.717) is 30.3 Å². The smallest absolute Gasteiger partial charge is 0.243 e. The van der Waals surface area contributed by atoms with Crippen molar-refractivity contribution in [1.82, 2.24) is 4.31 Å². The fourth-order valence-electron chi connectivity index (χ4n) is 3.97. The van der Waals surface area contributed by atoms with Crippen LogP contribution >= 0.6 is 0 Å². The Bertz CT molecular complexity index is 900. The van der Waals surface area contributed by atoms with Crippen LogP contribution in [0.1, 0.15) is 31.7 Å². The lowest BCUT2D eigenvalue weighted by atomic mass is 9.84. The molecular weight excluding hydrogens is 362 g/mol. The Hall–Kier alpha value is -2.05. The fraction of sp³-hybridized carbons (Fsp3) is 0.429. The zero-order valence-electron chi connectivity index (χ0n) is 15.6. The summed E-state index contributed by atoms with van der Waals surface area (Å²) in [5.41, 5.74) is 1.01. The molecule has 2 aliphatic rings. The molecule has 1 spiro atoms. The summed E-state index contributed by atoms with van der Waals surface area (Å²) >= 11 is 0. The van der Waals surface area contributed by atoms with Gasteiger partial charge in [0, 0.05) is 25.9 Å². The zero-order valence-corrected chi connectivity index (χ0v) is 16.4. The molecule has 0 aliphatic carbocycles. The summed E-state index contributed by atoms with van der Waals surface area (Å²) in [4.78, 5) is 0.316. The molecule has 1 saturated heterocycles. The summed E-state index contributed by atoms with van der Waals surface area (Å²) in [5.74, 6) is 1.63. The van der Waals surface area contributed by atoms with Crippen LogP contribution in [-0.2, 0) is 16.4 Å². The number of sulfonamides is 1. The van der Waals surface area contributed by atoms with Crippen molar-refractivity contribution < 1.29 is 17.9 Å². The lowest BCUT2D eigenvalue weighted by Crippen LogP contribution is -2.51. The third-order valence-electron chi connectivity index (χ3n) is 5.56. The molecule has 144 valence electrons. The van der Waals surface area contributed by atoms with E-state index >= 15 is 0 Å². The van der Waals surface area contributed by atoms with Crippen molar-refractivity contribution in [2.75, 3.05) is 19.7 Å². The van der Waals surface area contributed by atoms with Gasteiger partial charge in [-0.15, -0.1) is 0 Å². The van der Waals surface area contributed by atoms with Gasteiger partial charge in [-0.3, -0.25) is 0 Å². The minimum Gasteiger partial charge on any atom is -0.494 e. The molecule has 0 radical (unpaired) electrons. The predicted octanol–water partition coefficient (Wildman–Crippen LogP) is 3.63. The molecule has 0 aromatic heterocycles. The van der Waals surface area contributed by atoms with Crippen LogP contribution in [-0.4, -0.2) is 38.0 Å². The van der Waals surface area contributed by atoms with Crippen molar-refractivity contribution in [3.05, 3.63) is 54.1 Å². The summed E-state index contributed by atoms with van der Waals surface area (Å²) in [6, 6.07) is 14.8. The second kappa shape index (κ2) is 7.17. The normalized spacial score (nSPS) is 19.3. The molecule has 0 amide bonds. The molecular formula is C21H25NO4S. The number of ether oxygens (including phenoxy) is 2. The summed E-state index contributed by atoms with van der Waals surface area (Å²) in [7, 11) is -3.49. The van der Waals surface area contributed by atoms with Crippen LogP contribution in [0.2, 0.25) is 0 Å². The van der Waals surface area contributed by atoms with Crippen molar-refractivity contribution in [3.8, 4) is 11.5 Å². The Labute approximate surface area is 161 Å². The Morgan fingerprint density at radius 2 is 1.74 bits per heavy atom. The van der Waals surface area contributed by atoms with Crippen LogP contribution in [0, 0.1) is 0 Å². The van der Waals surface area contributed by atoms with E-state index in [9.17, 15) is 8.42 Å². The van der Waals surface area contributed by atoms with Gasteiger partial charge in [0.25, 0.3) is 0 Å². The largest absolute Gasteiger partial charge is 0.494 e. The molecule has 6 heteroatoms. The van der Waals surface area contributed by atoms with Gasteiger partial charge < -0.3 is 9.47 Å². The van der Waals surface area contributed by atoms with Crippen LogP contribution in [0.25, 0.3) is 0 Å². The Balaban J connectivity index is 1.46. The fourth-order valence-corrected chi connectivity index (χ4v) is 5.41. The molecule has 2 aromatic rings. The number of nitrogens with zero attached hydrogens (tertiary/aromatic N) is 1. The molecule has 0 atom stereocenters. The van der Waals surface area contributed by atoms with Crippen molar-refractivity contribution in [3.63, 3.8) is 0 Å². The van der Waals surface area contributed by atoms with Crippen LogP contribution in [0.5, 0.6) is 11.5 Å². The topological polar surface area (TPSA) is 55.8 Å². The van der Waals surface area contributed by atoms with Gasteiger partial charge >= 0.3 is 0 Å². The van der Waals surface area contributed by atoms with Crippen LogP contribution in [0.15, 0.2) is 53.4 Å². The molecule has 5 nitrogen and oxygen atoms in total. The molecule has 1 fully saturated rings. The molecule has 0 N–H and O–H groups in total. The van der Waals surface area contributed by atoms with Gasteiger partial charge in [0.15, 0.2) is 0 Å². The van der Waals surface area contributed by atoms with Gasteiger partial charge in [0.05, 0.1) is 11.5 Å². The highest BCUT2D eigenvalue weighted by Gasteiger charge is 2.42. The molecule has 4 rings (SSSR count). The van der Waals surface area contributed by atoms with Gasteiger partial charge in [-0.2, -0.15) is 4.31 Å². The summed E-state index contributed by atoms with van der Waals surface area (Å²) in [6.07, 6.45) is 3.37. The number of rotatable bonds is 4. The first-order valence-corrected chi connectivity index (χ1v) is 11.0. The maximum Gasteiger partial charge on any atom is 0.243 e. The van der Waals surface area contributed by atoms with Gasteiger partial charge in [0.1, 0.15) is 17.1 Å². The summed E-state index contributed by atoms with van der Waals surface area (Å²) in [6.45, 7) is 3.43. The lowest BCUT2D eigenvalue weighted by molar-refractivity contribution is 0.00181. The molecule has 2 aromatic carbocycles. The van der Waals surface area contributed by atoms with Gasteiger partial charge in [0.2, 0.25) is 10.0 Å². The first-order valence-electron chi connectivity index (χ1n) is 9.52. The van der Waals surface area contributed by atoms with E-state index in [4.69, 9.17) is 9.47 Å². The molecule has 0 saturated carbocycles. The van der Waals surface area contributed by atoms with E-state index in [2.05, 4.69) is 6.07 Å². The summed E-state index contributed by atoms with van der Waals surface area (Å²) in [5, 5.41) is 0. The molecule has 2 heterocycles. The van der Waals surface area contributed by atoms with Crippen LogP contribution < -0.4 is 9.47 Å². The molecule has 27 heavy (non-hydrogen) atoms. The van der Waals surface area contributed by atoms with E-state index in [1.54, 1.807) is 28.6 Å². The average molecular weight is 388 g/mol.